The molecule has 19 heavy (non-hydrogen) atoms. The van der Waals surface area contributed by atoms with Crippen molar-refractivity contribution in [2.45, 2.75) is 6.04 Å². The predicted molar refractivity (Wildman–Crippen MR) is 74.0 cm³/mol. The van der Waals surface area contributed by atoms with Gasteiger partial charge >= 0.3 is 5.97 Å². The summed E-state index contributed by atoms with van der Waals surface area (Å²) in [5.41, 5.74) is 0.243. The van der Waals surface area contributed by atoms with Crippen molar-refractivity contribution in [3.8, 4) is 0 Å². The molecule has 0 aromatic carbocycles. The Morgan fingerprint density at radius 2 is 2.21 bits per heavy atom. The van der Waals surface area contributed by atoms with E-state index in [-0.39, 0.29) is 15.7 Å². The molecule has 1 aliphatic rings. The number of halogens is 2. The first-order valence-corrected chi connectivity index (χ1v) is 7.34. The van der Waals surface area contributed by atoms with Gasteiger partial charge in [-0.05, 0) is 6.07 Å². The number of nitrogens with zero attached hydrogens (tertiary/aromatic N) is 2. The molecule has 0 saturated carbocycles. The largest absolute Gasteiger partial charge is 0.480 e. The van der Waals surface area contributed by atoms with Crippen molar-refractivity contribution < 1.29 is 14.7 Å². The van der Waals surface area contributed by atoms with Crippen molar-refractivity contribution in [2.24, 2.45) is 0 Å². The Bertz CT molecular complexity index is 527. The fourth-order valence-corrected chi connectivity index (χ4v) is 3.06. The third kappa shape index (κ3) is 3.13. The molecule has 0 bridgehead atoms. The Morgan fingerprint density at radius 1 is 1.47 bits per heavy atom. The van der Waals surface area contributed by atoms with Gasteiger partial charge in [0.25, 0.3) is 5.91 Å². The highest BCUT2D eigenvalue weighted by molar-refractivity contribution is 7.99. The van der Waals surface area contributed by atoms with Crippen LogP contribution < -0.4 is 0 Å². The van der Waals surface area contributed by atoms with Gasteiger partial charge in [0.2, 0.25) is 0 Å². The SMILES string of the molecule is O=C(O)C1CSCCN1C(=O)c1cnc(Cl)c(Cl)c1. The van der Waals surface area contributed by atoms with E-state index in [0.717, 1.165) is 0 Å². The zero-order chi connectivity index (χ0) is 14.0. The van der Waals surface area contributed by atoms with Crippen molar-refractivity contribution in [3.05, 3.63) is 28.0 Å². The van der Waals surface area contributed by atoms with Gasteiger partial charge in [0.05, 0.1) is 10.6 Å². The van der Waals surface area contributed by atoms with E-state index in [1.165, 1.54) is 28.9 Å². The minimum Gasteiger partial charge on any atom is -0.480 e. The molecule has 1 fully saturated rings. The first kappa shape index (κ1) is 14.4. The van der Waals surface area contributed by atoms with E-state index in [4.69, 9.17) is 28.3 Å². The number of aromatic nitrogens is 1. The molecule has 0 radical (unpaired) electrons. The van der Waals surface area contributed by atoms with Gasteiger partial charge < -0.3 is 10.0 Å². The van der Waals surface area contributed by atoms with E-state index in [0.29, 0.717) is 18.1 Å². The van der Waals surface area contributed by atoms with Crippen molar-refractivity contribution in [2.75, 3.05) is 18.1 Å². The van der Waals surface area contributed by atoms with Crippen LogP contribution in [-0.2, 0) is 4.79 Å². The highest BCUT2D eigenvalue weighted by Crippen LogP contribution is 2.23. The van der Waals surface area contributed by atoms with Crippen molar-refractivity contribution in [1.82, 2.24) is 9.88 Å². The molecular formula is C11H10Cl2N2O3S. The Kier molecular flexibility index (Phi) is 4.54. The molecule has 1 aromatic heterocycles. The maximum atomic E-state index is 12.3. The first-order chi connectivity index (χ1) is 9.00. The number of pyridine rings is 1. The number of carboxylic acid groups (broad SMARTS) is 1. The monoisotopic (exact) mass is 320 g/mol. The Labute approximate surface area is 123 Å². The summed E-state index contributed by atoms with van der Waals surface area (Å²) in [5, 5.41) is 9.42. The van der Waals surface area contributed by atoms with Crippen LogP contribution in [0.2, 0.25) is 10.2 Å². The van der Waals surface area contributed by atoms with Crippen LogP contribution in [-0.4, -0.2) is 51.0 Å². The standard InChI is InChI=1S/C11H10Cl2N2O3S/c12-7-3-6(4-14-9(7)13)10(16)15-1-2-19-5-8(15)11(17)18/h3-4,8H,1-2,5H2,(H,17,18). The maximum absolute atomic E-state index is 12.3. The van der Waals surface area contributed by atoms with Crippen molar-refractivity contribution >= 4 is 46.8 Å². The predicted octanol–water partition coefficient (Wildman–Crippen LogP) is 2.03. The molecule has 2 heterocycles. The van der Waals surface area contributed by atoms with Gasteiger partial charge in [-0.15, -0.1) is 0 Å². The van der Waals surface area contributed by atoms with Gasteiger partial charge in [-0.3, -0.25) is 4.79 Å². The zero-order valence-corrected chi connectivity index (χ0v) is 12.0. The summed E-state index contributed by atoms with van der Waals surface area (Å²) < 4.78 is 0. The molecular weight excluding hydrogens is 311 g/mol. The van der Waals surface area contributed by atoms with E-state index in [9.17, 15) is 9.59 Å². The fourth-order valence-electron chi connectivity index (χ4n) is 1.76. The lowest BCUT2D eigenvalue weighted by molar-refractivity contribution is -0.141. The summed E-state index contributed by atoms with van der Waals surface area (Å²) in [6.07, 6.45) is 1.30. The molecule has 102 valence electrons. The summed E-state index contributed by atoms with van der Waals surface area (Å²) in [6, 6.07) is 0.584. The van der Waals surface area contributed by atoms with Gasteiger partial charge in [-0.2, -0.15) is 11.8 Å². The molecule has 5 nitrogen and oxygen atoms in total. The molecule has 8 heteroatoms. The number of carboxylic acids is 1. The number of rotatable bonds is 2. The van der Waals surface area contributed by atoms with Gasteiger partial charge in [0.1, 0.15) is 11.2 Å². The molecule has 1 saturated heterocycles. The average Bonchev–Trinajstić information content (AvgIpc) is 2.41. The molecule has 1 atom stereocenters. The molecule has 1 N–H and O–H groups in total. The second-order valence-electron chi connectivity index (χ2n) is 3.92. The van der Waals surface area contributed by atoms with E-state index in [2.05, 4.69) is 4.98 Å². The van der Waals surface area contributed by atoms with Crippen LogP contribution >= 0.6 is 35.0 Å². The van der Waals surface area contributed by atoms with Gasteiger partial charge in [-0.1, -0.05) is 23.2 Å². The van der Waals surface area contributed by atoms with E-state index < -0.39 is 17.9 Å². The van der Waals surface area contributed by atoms with Gasteiger partial charge in [0.15, 0.2) is 0 Å². The molecule has 0 aliphatic carbocycles. The van der Waals surface area contributed by atoms with Crippen molar-refractivity contribution in [3.63, 3.8) is 0 Å². The number of aliphatic carboxylic acids is 1. The normalized spacial score (nSPS) is 19.3. The highest BCUT2D eigenvalue weighted by atomic mass is 35.5. The molecule has 0 spiro atoms. The number of thioether (sulfide) groups is 1. The highest BCUT2D eigenvalue weighted by Gasteiger charge is 2.33. The lowest BCUT2D eigenvalue weighted by Gasteiger charge is -2.32. The lowest BCUT2D eigenvalue weighted by Crippen LogP contribution is -2.50. The summed E-state index contributed by atoms with van der Waals surface area (Å²) >= 11 is 13.0. The summed E-state index contributed by atoms with van der Waals surface area (Å²) in [7, 11) is 0. The Morgan fingerprint density at radius 3 is 2.84 bits per heavy atom. The van der Waals surface area contributed by atoms with E-state index in [1.54, 1.807) is 0 Å². The quantitative estimate of drug-likeness (QED) is 0.844. The van der Waals surface area contributed by atoms with Gasteiger partial charge in [0, 0.05) is 24.2 Å². The van der Waals surface area contributed by atoms with Crippen molar-refractivity contribution in [1.29, 1.82) is 0 Å². The smallest absolute Gasteiger partial charge is 0.327 e. The number of amides is 1. The maximum Gasteiger partial charge on any atom is 0.327 e. The summed E-state index contributed by atoms with van der Waals surface area (Å²) in [6.45, 7) is 0.390. The number of hydrogen-bond donors (Lipinski definition) is 1. The van der Waals surface area contributed by atoms with Crippen LogP contribution in [0.5, 0.6) is 0 Å². The number of carbonyl (C=O) groups is 2. The van der Waals surface area contributed by atoms with Gasteiger partial charge in [-0.25, -0.2) is 9.78 Å². The number of carbonyl (C=O) groups excluding carboxylic acids is 1. The topological polar surface area (TPSA) is 70.5 Å². The number of hydrogen-bond acceptors (Lipinski definition) is 4. The van der Waals surface area contributed by atoms with E-state index in [1.807, 2.05) is 0 Å². The lowest BCUT2D eigenvalue weighted by atomic mass is 10.2. The average molecular weight is 321 g/mol. The second-order valence-corrected chi connectivity index (χ2v) is 5.84. The zero-order valence-electron chi connectivity index (χ0n) is 9.68. The third-order valence-corrected chi connectivity index (χ3v) is 4.43. The second kappa shape index (κ2) is 5.98. The van der Waals surface area contributed by atoms with Crippen LogP contribution in [0, 0.1) is 0 Å². The first-order valence-electron chi connectivity index (χ1n) is 5.43. The van der Waals surface area contributed by atoms with Crippen LogP contribution in [0.25, 0.3) is 0 Å². The Hall–Kier alpha value is -0.980. The Balaban J connectivity index is 2.26. The molecule has 1 amide bonds. The molecule has 1 aliphatic heterocycles. The van der Waals surface area contributed by atoms with E-state index >= 15 is 0 Å². The molecule has 1 unspecified atom stereocenters. The van der Waals surface area contributed by atoms with Crippen LogP contribution in [0.3, 0.4) is 0 Å². The van der Waals surface area contributed by atoms with Crippen LogP contribution in [0.1, 0.15) is 10.4 Å². The minimum atomic E-state index is -1.01. The van der Waals surface area contributed by atoms with Crippen LogP contribution in [0.4, 0.5) is 0 Å². The summed E-state index contributed by atoms with van der Waals surface area (Å²) in [5.74, 6) is -0.299. The molecule has 1 aromatic rings. The fraction of sp³-hybridized carbons (Fsp3) is 0.364. The van der Waals surface area contributed by atoms with Crippen LogP contribution in [0.15, 0.2) is 12.3 Å². The molecule has 2 rings (SSSR count). The minimum absolute atomic E-state index is 0.113. The summed E-state index contributed by atoms with van der Waals surface area (Å²) in [4.78, 5) is 28.6. The third-order valence-electron chi connectivity index (χ3n) is 2.72.